The summed E-state index contributed by atoms with van der Waals surface area (Å²) in [6, 6.07) is 13.4. The van der Waals surface area contributed by atoms with Crippen molar-refractivity contribution in [1.82, 2.24) is 5.43 Å². The summed E-state index contributed by atoms with van der Waals surface area (Å²) in [5.74, 6) is -0.237. The highest BCUT2D eigenvalue weighted by molar-refractivity contribution is 9.10. The van der Waals surface area contributed by atoms with Crippen LogP contribution in [0.25, 0.3) is 0 Å². The zero-order valence-electron chi connectivity index (χ0n) is 11.4. The summed E-state index contributed by atoms with van der Waals surface area (Å²) in [6.45, 7) is 4.03. The Balaban J connectivity index is 2.09. The minimum Gasteiger partial charge on any atom is -0.267 e. The molecule has 2 aromatic rings. The van der Waals surface area contributed by atoms with E-state index in [1.165, 1.54) is 0 Å². The van der Waals surface area contributed by atoms with Gasteiger partial charge in [0.05, 0.1) is 11.8 Å². The van der Waals surface area contributed by atoms with Crippen molar-refractivity contribution in [1.29, 1.82) is 0 Å². The monoisotopic (exact) mass is 330 g/mol. The lowest BCUT2D eigenvalue weighted by Gasteiger charge is -2.03. The van der Waals surface area contributed by atoms with Gasteiger partial charge in [-0.1, -0.05) is 35.9 Å². The highest BCUT2D eigenvalue weighted by Crippen LogP contribution is 2.15. The smallest absolute Gasteiger partial charge is 0.267 e. The minimum absolute atomic E-state index is 0.237. The van der Waals surface area contributed by atoms with Crippen molar-refractivity contribution in [2.45, 2.75) is 13.8 Å². The Bertz CT molecular complexity index is 665. The van der Waals surface area contributed by atoms with Crippen LogP contribution in [-0.2, 0) is 0 Å². The lowest BCUT2D eigenvalue weighted by Crippen LogP contribution is -2.18. The standard InChI is InChI=1S/C16H15BrN2O/c1-11-7-8-12(2)13(9-11)10-18-19-16(20)14-5-3-4-6-15(14)17/h3-10H,1-2H3,(H,19,20). The molecule has 102 valence electrons. The largest absolute Gasteiger partial charge is 0.272 e. The number of rotatable bonds is 3. The van der Waals surface area contributed by atoms with Crippen molar-refractivity contribution < 1.29 is 4.79 Å². The molecule has 4 heteroatoms. The van der Waals surface area contributed by atoms with Crippen LogP contribution in [0.3, 0.4) is 0 Å². The van der Waals surface area contributed by atoms with Crippen LogP contribution in [-0.4, -0.2) is 12.1 Å². The Kier molecular flexibility index (Phi) is 4.69. The van der Waals surface area contributed by atoms with Crippen LogP contribution in [0.5, 0.6) is 0 Å². The topological polar surface area (TPSA) is 41.5 Å². The van der Waals surface area contributed by atoms with Gasteiger partial charge >= 0.3 is 0 Å². The zero-order chi connectivity index (χ0) is 14.5. The van der Waals surface area contributed by atoms with Crippen LogP contribution in [0.1, 0.15) is 27.0 Å². The fraction of sp³-hybridized carbons (Fsp3) is 0.125. The molecule has 0 bridgehead atoms. The normalized spacial score (nSPS) is 10.8. The zero-order valence-corrected chi connectivity index (χ0v) is 12.9. The first-order chi connectivity index (χ1) is 9.58. The van der Waals surface area contributed by atoms with E-state index in [1.807, 2.05) is 50.2 Å². The summed E-state index contributed by atoms with van der Waals surface area (Å²) >= 11 is 3.34. The average molecular weight is 331 g/mol. The first-order valence-corrected chi connectivity index (χ1v) is 7.02. The average Bonchev–Trinajstić information content (AvgIpc) is 2.43. The third kappa shape index (κ3) is 3.54. The number of benzene rings is 2. The molecule has 0 aliphatic carbocycles. The molecule has 2 rings (SSSR count). The number of aryl methyl sites for hydroxylation is 2. The van der Waals surface area contributed by atoms with Crippen LogP contribution in [0, 0.1) is 13.8 Å². The molecule has 0 saturated carbocycles. The Morgan fingerprint density at radius 2 is 1.95 bits per heavy atom. The molecule has 1 N–H and O–H groups in total. The number of hydrogen-bond acceptors (Lipinski definition) is 2. The number of hydrogen-bond donors (Lipinski definition) is 1. The number of nitrogens with zero attached hydrogens (tertiary/aromatic N) is 1. The van der Waals surface area contributed by atoms with Crippen LogP contribution < -0.4 is 5.43 Å². The van der Waals surface area contributed by atoms with Crippen LogP contribution in [0.4, 0.5) is 0 Å². The molecule has 3 nitrogen and oxygen atoms in total. The van der Waals surface area contributed by atoms with Crippen molar-refractivity contribution >= 4 is 28.1 Å². The van der Waals surface area contributed by atoms with Crippen molar-refractivity contribution in [3.63, 3.8) is 0 Å². The van der Waals surface area contributed by atoms with Crippen LogP contribution >= 0.6 is 15.9 Å². The van der Waals surface area contributed by atoms with Gasteiger partial charge in [0, 0.05) is 4.47 Å². The molecule has 0 radical (unpaired) electrons. The van der Waals surface area contributed by atoms with Gasteiger partial charge in [-0.15, -0.1) is 0 Å². The van der Waals surface area contributed by atoms with Gasteiger partial charge in [0.25, 0.3) is 5.91 Å². The predicted molar refractivity (Wildman–Crippen MR) is 85.1 cm³/mol. The second-order valence-electron chi connectivity index (χ2n) is 4.54. The molecule has 0 unspecified atom stereocenters. The van der Waals surface area contributed by atoms with Crippen LogP contribution in [0.15, 0.2) is 52.0 Å². The summed E-state index contributed by atoms with van der Waals surface area (Å²) < 4.78 is 0.749. The van der Waals surface area contributed by atoms with Gasteiger partial charge in [-0.3, -0.25) is 4.79 Å². The molecule has 20 heavy (non-hydrogen) atoms. The molecule has 0 saturated heterocycles. The van der Waals surface area contributed by atoms with Gasteiger partial charge in [0.1, 0.15) is 0 Å². The molecule has 1 amide bonds. The Hall–Kier alpha value is -1.94. The molecule has 0 aromatic heterocycles. The van der Waals surface area contributed by atoms with Gasteiger partial charge in [-0.2, -0.15) is 5.10 Å². The summed E-state index contributed by atoms with van der Waals surface area (Å²) in [6.07, 6.45) is 1.66. The third-order valence-corrected chi connectivity index (χ3v) is 3.61. The van der Waals surface area contributed by atoms with Gasteiger partial charge in [0.15, 0.2) is 0 Å². The van der Waals surface area contributed by atoms with E-state index in [1.54, 1.807) is 12.3 Å². The first kappa shape index (κ1) is 14.5. The number of halogens is 1. The molecular formula is C16H15BrN2O. The molecular weight excluding hydrogens is 316 g/mol. The number of hydrazone groups is 1. The third-order valence-electron chi connectivity index (χ3n) is 2.92. The maximum absolute atomic E-state index is 12.0. The Labute approximate surface area is 126 Å². The quantitative estimate of drug-likeness (QED) is 0.674. The number of nitrogens with one attached hydrogen (secondary N) is 1. The van der Waals surface area contributed by atoms with Gasteiger partial charge in [0.2, 0.25) is 0 Å². The van der Waals surface area contributed by atoms with E-state index in [4.69, 9.17) is 0 Å². The number of carbonyl (C=O) groups is 1. The summed E-state index contributed by atoms with van der Waals surface area (Å²) in [7, 11) is 0. The Morgan fingerprint density at radius 1 is 1.20 bits per heavy atom. The molecule has 0 fully saturated rings. The highest BCUT2D eigenvalue weighted by atomic mass is 79.9. The van der Waals surface area contributed by atoms with Crippen molar-refractivity contribution in [3.8, 4) is 0 Å². The molecule has 0 heterocycles. The maximum atomic E-state index is 12.0. The first-order valence-electron chi connectivity index (χ1n) is 6.23. The second kappa shape index (κ2) is 6.48. The molecule has 0 aliphatic heterocycles. The van der Waals surface area contributed by atoms with Crippen molar-refractivity contribution in [3.05, 3.63) is 69.2 Å². The fourth-order valence-electron chi connectivity index (χ4n) is 1.77. The SMILES string of the molecule is Cc1ccc(C)c(C=NNC(=O)c2ccccc2Br)c1. The van der Waals surface area contributed by atoms with E-state index in [2.05, 4.69) is 26.5 Å². The van der Waals surface area contributed by atoms with Crippen molar-refractivity contribution in [2.24, 2.45) is 5.10 Å². The second-order valence-corrected chi connectivity index (χ2v) is 5.39. The van der Waals surface area contributed by atoms with E-state index in [-0.39, 0.29) is 5.91 Å². The lowest BCUT2D eigenvalue weighted by molar-refractivity contribution is 0.0954. The predicted octanol–water partition coefficient (Wildman–Crippen LogP) is 3.83. The minimum atomic E-state index is -0.237. The number of carbonyl (C=O) groups excluding carboxylic acids is 1. The Morgan fingerprint density at radius 3 is 2.70 bits per heavy atom. The van der Waals surface area contributed by atoms with E-state index >= 15 is 0 Å². The van der Waals surface area contributed by atoms with Crippen molar-refractivity contribution in [2.75, 3.05) is 0 Å². The summed E-state index contributed by atoms with van der Waals surface area (Å²) in [4.78, 5) is 12.0. The molecule has 0 aliphatic rings. The maximum Gasteiger partial charge on any atom is 0.272 e. The molecule has 0 spiro atoms. The van der Waals surface area contributed by atoms with Gasteiger partial charge < -0.3 is 0 Å². The van der Waals surface area contributed by atoms with E-state index < -0.39 is 0 Å². The van der Waals surface area contributed by atoms with Crippen LogP contribution in [0.2, 0.25) is 0 Å². The summed E-state index contributed by atoms with van der Waals surface area (Å²) in [5.41, 5.74) is 6.38. The lowest BCUT2D eigenvalue weighted by atomic mass is 10.1. The molecule has 2 aromatic carbocycles. The van der Waals surface area contributed by atoms with E-state index in [0.717, 1.165) is 21.2 Å². The van der Waals surface area contributed by atoms with Gasteiger partial charge in [-0.05, 0) is 53.0 Å². The highest BCUT2D eigenvalue weighted by Gasteiger charge is 2.07. The van der Waals surface area contributed by atoms with E-state index in [0.29, 0.717) is 5.56 Å². The summed E-state index contributed by atoms with van der Waals surface area (Å²) in [5, 5.41) is 4.02. The van der Waals surface area contributed by atoms with Gasteiger partial charge in [-0.25, -0.2) is 5.43 Å². The molecule has 0 atom stereocenters. The number of amides is 1. The van der Waals surface area contributed by atoms with E-state index in [9.17, 15) is 4.79 Å². The fourth-order valence-corrected chi connectivity index (χ4v) is 2.23.